The van der Waals surface area contributed by atoms with E-state index in [4.69, 9.17) is 0 Å². The van der Waals surface area contributed by atoms with Gasteiger partial charge in [-0.05, 0) is 24.8 Å². The molecule has 0 unspecified atom stereocenters. The fourth-order valence-electron chi connectivity index (χ4n) is 4.11. The minimum atomic E-state index is 0.00585. The van der Waals surface area contributed by atoms with E-state index in [0.717, 1.165) is 18.4 Å². The van der Waals surface area contributed by atoms with Gasteiger partial charge in [0.05, 0.1) is 0 Å². The van der Waals surface area contributed by atoms with Gasteiger partial charge < -0.3 is 0 Å². The molecule has 0 amide bonds. The molecule has 0 spiro atoms. The van der Waals surface area contributed by atoms with Gasteiger partial charge in [0.1, 0.15) is 0 Å². The van der Waals surface area contributed by atoms with Crippen LogP contribution in [0.15, 0.2) is 35.9 Å². The molecule has 1 saturated carbocycles. The van der Waals surface area contributed by atoms with E-state index in [0.29, 0.717) is 11.1 Å². The Hall–Kier alpha value is -1.70. The van der Waals surface area contributed by atoms with Gasteiger partial charge in [-0.25, -0.2) is 0 Å². The van der Waals surface area contributed by atoms with Crippen molar-refractivity contribution in [1.29, 1.82) is 0 Å². The van der Waals surface area contributed by atoms with Crippen molar-refractivity contribution in [3.05, 3.63) is 47.0 Å². The zero-order valence-corrected chi connectivity index (χ0v) is 14.6. The highest BCUT2D eigenvalue weighted by Gasteiger charge is 2.29. The van der Waals surface area contributed by atoms with Gasteiger partial charge in [0.2, 0.25) is 0 Å². The normalized spacial score (nSPS) is 21.4. The molecule has 1 aromatic carbocycles. The first-order valence-corrected chi connectivity index (χ1v) is 9.67. The molecule has 2 nitrogen and oxygen atoms in total. The van der Waals surface area contributed by atoms with E-state index in [1.807, 2.05) is 12.1 Å². The number of hydrogen-bond acceptors (Lipinski definition) is 2. The Morgan fingerprint density at radius 1 is 0.667 bits per heavy atom. The Morgan fingerprint density at radius 2 is 1.17 bits per heavy atom. The quantitative estimate of drug-likeness (QED) is 0.643. The molecule has 2 heteroatoms. The van der Waals surface area contributed by atoms with Crippen LogP contribution in [0.4, 0.5) is 0 Å². The van der Waals surface area contributed by atoms with E-state index in [1.165, 1.54) is 57.8 Å². The molecule has 0 bridgehead atoms. The van der Waals surface area contributed by atoms with Crippen molar-refractivity contribution in [2.24, 2.45) is 5.92 Å². The van der Waals surface area contributed by atoms with Crippen LogP contribution < -0.4 is 0 Å². The van der Waals surface area contributed by atoms with Crippen LogP contribution in [0.5, 0.6) is 0 Å². The van der Waals surface area contributed by atoms with Crippen molar-refractivity contribution in [1.82, 2.24) is 0 Å². The Morgan fingerprint density at radius 3 is 1.75 bits per heavy atom. The lowest BCUT2D eigenvalue weighted by molar-refractivity contribution is 0.0972. The van der Waals surface area contributed by atoms with Crippen molar-refractivity contribution in [3.63, 3.8) is 0 Å². The summed E-state index contributed by atoms with van der Waals surface area (Å²) >= 11 is 0. The van der Waals surface area contributed by atoms with Crippen molar-refractivity contribution in [3.8, 4) is 0 Å². The van der Waals surface area contributed by atoms with Gasteiger partial charge in [0, 0.05) is 16.7 Å². The molecule has 1 fully saturated rings. The standard InChI is InChI=1S/C22H28O2/c23-21-16-20(22(24)19-15-11-10-14-18(19)21)17-12-8-6-4-2-1-3-5-7-9-13-17/h10-11,14-17H,1-9,12-13H2. The number of rotatable bonds is 1. The summed E-state index contributed by atoms with van der Waals surface area (Å²) < 4.78 is 0. The van der Waals surface area contributed by atoms with Crippen molar-refractivity contribution in [2.45, 2.75) is 70.6 Å². The first-order chi connectivity index (χ1) is 11.8. The highest BCUT2D eigenvalue weighted by molar-refractivity contribution is 6.24. The average Bonchev–Trinajstić information content (AvgIpc) is 2.59. The third-order valence-electron chi connectivity index (χ3n) is 5.53. The molecule has 0 aliphatic heterocycles. The highest BCUT2D eigenvalue weighted by atomic mass is 16.1. The monoisotopic (exact) mass is 324 g/mol. The van der Waals surface area contributed by atoms with Crippen LogP contribution in [0.1, 0.15) is 91.3 Å². The number of allylic oxidation sites excluding steroid dienone is 2. The maximum absolute atomic E-state index is 12.9. The lowest BCUT2D eigenvalue weighted by Gasteiger charge is -2.23. The van der Waals surface area contributed by atoms with Crippen LogP contribution in [-0.2, 0) is 0 Å². The second kappa shape index (κ2) is 8.41. The molecule has 0 heterocycles. The van der Waals surface area contributed by atoms with Crippen LogP contribution in [-0.4, -0.2) is 11.6 Å². The molecular weight excluding hydrogens is 296 g/mol. The van der Waals surface area contributed by atoms with Gasteiger partial charge >= 0.3 is 0 Å². The van der Waals surface area contributed by atoms with E-state index in [2.05, 4.69) is 0 Å². The Balaban J connectivity index is 1.77. The lowest BCUT2D eigenvalue weighted by Crippen LogP contribution is -2.22. The first-order valence-electron chi connectivity index (χ1n) is 9.67. The van der Waals surface area contributed by atoms with Crippen LogP contribution in [0.25, 0.3) is 0 Å². The minimum absolute atomic E-state index is 0.00585. The van der Waals surface area contributed by atoms with E-state index < -0.39 is 0 Å². The summed E-state index contributed by atoms with van der Waals surface area (Å²) in [4.78, 5) is 25.3. The molecule has 3 rings (SSSR count). The third-order valence-corrected chi connectivity index (χ3v) is 5.53. The molecule has 2 aliphatic rings. The molecule has 0 atom stereocenters. The maximum atomic E-state index is 12.9. The zero-order chi connectivity index (χ0) is 16.8. The van der Waals surface area contributed by atoms with Crippen molar-refractivity contribution >= 4 is 11.6 Å². The Labute approximate surface area is 145 Å². The SMILES string of the molecule is O=C1C=C(C2CCCCCCCCCCC2)C(=O)c2ccccc21. The predicted octanol–water partition coefficient (Wildman–Crippen LogP) is 5.91. The molecule has 1 aromatic rings. The number of benzene rings is 1. The summed E-state index contributed by atoms with van der Waals surface area (Å²) in [5, 5.41) is 0. The molecule has 0 aromatic heterocycles. The summed E-state index contributed by atoms with van der Waals surface area (Å²) in [6.45, 7) is 0. The molecule has 24 heavy (non-hydrogen) atoms. The number of carbonyl (C=O) groups excluding carboxylic acids is 2. The topological polar surface area (TPSA) is 34.1 Å². The second-order valence-electron chi connectivity index (χ2n) is 7.29. The molecule has 0 N–H and O–H groups in total. The number of hydrogen-bond donors (Lipinski definition) is 0. The van der Waals surface area contributed by atoms with Crippen LogP contribution in [0.2, 0.25) is 0 Å². The molecule has 128 valence electrons. The third kappa shape index (κ3) is 4.03. The minimum Gasteiger partial charge on any atom is -0.289 e. The summed E-state index contributed by atoms with van der Waals surface area (Å²) in [7, 11) is 0. The maximum Gasteiger partial charge on any atom is 0.190 e. The van der Waals surface area contributed by atoms with Gasteiger partial charge in [-0.2, -0.15) is 0 Å². The van der Waals surface area contributed by atoms with Gasteiger partial charge in [-0.1, -0.05) is 82.1 Å². The Bertz CT molecular complexity index is 615. The van der Waals surface area contributed by atoms with Crippen LogP contribution in [0, 0.1) is 5.92 Å². The number of carbonyl (C=O) groups is 2. The number of ketones is 2. The van der Waals surface area contributed by atoms with E-state index in [-0.39, 0.29) is 17.5 Å². The number of fused-ring (bicyclic) bond motifs is 1. The largest absolute Gasteiger partial charge is 0.289 e. The molecule has 0 saturated heterocycles. The predicted molar refractivity (Wildman–Crippen MR) is 97.5 cm³/mol. The summed E-state index contributed by atoms with van der Waals surface area (Å²) in [5.74, 6) is 0.350. The van der Waals surface area contributed by atoms with Crippen LogP contribution in [0.3, 0.4) is 0 Å². The van der Waals surface area contributed by atoms with E-state index >= 15 is 0 Å². The van der Waals surface area contributed by atoms with Crippen molar-refractivity contribution < 1.29 is 9.59 Å². The van der Waals surface area contributed by atoms with Gasteiger partial charge in [-0.3, -0.25) is 9.59 Å². The highest BCUT2D eigenvalue weighted by Crippen LogP contribution is 2.32. The fraction of sp³-hybridized carbons (Fsp3) is 0.545. The van der Waals surface area contributed by atoms with Crippen LogP contribution >= 0.6 is 0 Å². The fourth-order valence-corrected chi connectivity index (χ4v) is 4.11. The van der Waals surface area contributed by atoms with Gasteiger partial charge in [0.15, 0.2) is 11.6 Å². The molecular formula is C22H28O2. The van der Waals surface area contributed by atoms with Crippen molar-refractivity contribution in [2.75, 3.05) is 0 Å². The summed E-state index contributed by atoms with van der Waals surface area (Å²) in [6, 6.07) is 7.26. The molecule has 2 aliphatic carbocycles. The van der Waals surface area contributed by atoms with Gasteiger partial charge in [0.25, 0.3) is 0 Å². The summed E-state index contributed by atoms with van der Waals surface area (Å²) in [6.07, 6.45) is 15.3. The first kappa shape index (κ1) is 17.1. The number of Topliss-reactive ketones (excluding diaryl/α,β-unsaturated/α-hetero) is 1. The summed E-state index contributed by atoms with van der Waals surface area (Å²) in [5.41, 5.74) is 1.95. The van der Waals surface area contributed by atoms with E-state index in [1.54, 1.807) is 18.2 Å². The zero-order valence-electron chi connectivity index (χ0n) is 14.6. The smallest absolute Gasteiger partial charge is 0.190 e. The second-order valence-corrected chi connectivity index (χ2v) is 7.29. The Kier molecular flexibility index (Phi) is 6.01. The average molecular weight is 324 g/mol. The van der Waals surface area contributed by atoms with E-state index in [9.17, 15) is 9.59 Å². The van der Waals surface area contributed by atoms with Gasteiger partial charge in [-0.15, -0.1) is 0 Å². The lowest BCUT2D eigenvalue weighted by atomic mass is 9.79. The molecule has 0 radical (unpaired) electrons.